The highest BCUT2D eigenvalue weighted by atomic mass is 35.5. The molecule has 0 radical (unpaired) electrons. The van der Waals surface area contributed by atoms with Crippen molar-refractivity contribution in [3.8, 4) is 0 Å². The topological polar surface area (TPSA) is 44.1 Å². The Kier molecular flexibility index (Phi) is 3.90. The quantitative estimate of drug-likeness (QED) is 0.811. The molecule has 2 rings (SSSR count). The third kappa shape index (κ3) is 2.63. The third-order valence-corrected chi connectivity index (χ3v) is 3.58. The van der Waals surface area contributed by atoms with Gasteiger partial charge in [0.1, 0.15) is 0 Å². The van der Waals surface area contributed by atoms with E-state index in [1.54, 1.807) is 10.7 Å². The van der Waals surface area contributed by atoms with Gasteiger partial charge in [-0.25, -0.2) is 4.79 Å². The van der Waals surface area contributed by atoms with Crippen LogP contribution in [0.2, 0.25) is 5.02 Å². The van der Waals surface area contributed by atoms with Gasteiger partial charge in [-0.3, -0.25) is 4.68 Å². The van der Waals surface area contributed by atoms with Gasteiger partial charge in [-0.15, -0.1) is 0 Å². The minimum atomic E-state index is -0.344. The average Bonchev–Trinajstić information content (AvgIpc) is 2.66. The van der Waals surface area contributed by atoms with Crippen molar-refractivity contribution in [3.05, 3.63) is 51.8 Å². The summed E-state index contributed by atoms with van der Waals surface area (Å²) in [7, 11) is 1.37. The highest BCUT2D eigenvalue weighted by molar-refractivity contribution is 6.31. The van der Waals surface area contributed by atoms with E-state index in [2.05, 4.69) is 5.10 Å². The lowest BCUT2D eigenvalue weighted by atomic mass is 10.1. The Morgan fingerprint density at radius 3 is 2.63 bits per heavy atom. The van der Waals surface area contributed by atoms with Gasteiger partial charge in [-0.2, -0.15) is 5.10 Å². The van der Waals surface area contributed by atoms with Crippen molar-refractivity contribution in [2.45, 2.75) is 20.4 Å². The molecule has 1 heterocycles. The van der Waals surface area contributed by atoms with E-state index in [-0.39, 0.29) is 5.97 Å². The van der Waals surface area contributed by atoms with Gasteiger partial charge < -0.3 is 4.74 Å². The summed E-state index contributed by atoms with van der Waals surface area (Å²) in [6.07, 6.45) is 0. The molecule has 0 aliphatic carbocycles. The van der Waals surface area contributed by atoms with Gasteiger partial charge in [0.2, 0.25) is 0 Å². The van der Waals surface area contributed by atoms with Crippen LogP contribution in [0.15, 0.2) is 24.3 Å². The summed E-state index contributed by atoms with van der Waals surface area (Å²) in [6, 6.07) is 7.32. The number of halogens is 1. The lowest BCUT2D eigenvalue weighted by molar-refractivity contribution is 0.0599. The van der Waals surface area contributed by atoms with Crippen LogP contribution in [0.5, 0.6) is 0 Å². The molecule has 0 N–H and O–H groups in total. The molecular weight excluding hydrogens is 264 g/mol. The van der Waals surface area contributed by atoms with E-state index in [9.17, 15) is 4.79 Å². The van der Waals surface area contributed by atoms with Gasteiger partial charge in [0.25, 0.3) is 0 Å². The summed E-state index contributed by atoms with van der Waals surface area (Å²) in [4.78, 5) is 11.7. The van der Waals surface area contributed by atoms with Gasteiger partial charge in [0.15, 0.2) is 0 Å². The molecule has 19 heavy (non-hydrogen) atoms. The number of nitrogens with zero attached hydrogens (tertiary/aromatic N) is 2. The Hall–Kier alpha value is -1.81. The van der Waals surface area contributed by atoms with Crippen molar-refractivity contribution >= 4 is 17.6 Å². The van der Waals surface area contributed by atoms with Crippen LogP contribution in [0.3, 0.4) is 0 Å². The van der Waals surface area contributed by atoms with Gasteiger partial charge in [0.05, 0.1) is 35.6 Å². The molecule has 0 atom stereocenters. The highest BCUT2D eigenvalue weighted by Gasteiger charge is 2.14. The summed E-state index contributed by atoms with van der Waals surface area (Å²) in [5.41, 5.74) is 3.08. The number of hydrogen-bond donors (Lipinski definition) is 0. The third-order valence-electron chi connectivity index (χ3n) is 3.04. The fourth-order valence-electron chi connectivity index (χ4n) is 1.96. The molecule has 0 saturated carbocycles. The SMILES string of the molecule is COC(=O)c1ccccc1Cn1nc(C)c(Cl)c1C. The Morgan fingerprint density at radius 1 is 1.37 bits per heavy atom. The number of carbonyl (C=O) groups is 1. The number of methoxy groups -OCH3 is 1. The zero-order chi connectivity index (χ0) is 14.0. The Labute approximate surface area is 116 Å². The first-order valence-electron chi connectivity index (χ1n) is 5.90. The number of esters is 1. The van der Waals surface area contributed by atoms with E-state index in [1.165, 1.54) is 7.11 Å². The second kappa shape index (κ2) is 5.45. The lowest BCUT2D eigenvalue weighted by Crippen LogP contribution is -2.10. The van der Waals surface area contributed by atoms with Gasteiger partial charge in [-0.1, -0.05) is 29.8 Å². The summed E-state index contributed by atoms with van der Waals surface area (Å²) in [6.45, 7) is 4.26. The fraction of sp³-hybridized carbons (Fsp3) is 0.286. The molecule has 1 aromatic carbocycles. The minimum absolute atomic E-state index is 0.344. The predicted octanol–water partition coefficient (Wildman–Crippen LogP) is 2.99. The van der Waals surface area contributed by atoms with E-state index in [0.717, 1.165) is 17.0 Å². The Morgan fingerprint density at radius 2 is 2.05 bits per heavy atom. The molecular formula is C14H15ClN2O2. The number of aromatic nitrogens is 2. The Bertz CT molecular complexity index is 620. The van der Waals surface area contributed by atoms with E-state index in [1.807, 2.05) is 32.0 Å². The first-order valence-corrected chi connectivity index (χ1v) is 6.28. The monoisotopic (exact) mass is 278 g/mol. The second-order valence-corrected chi connectivity index (χ2v) is 4.67. The van der Waals surface area contributed by atoms with Gasteiger partial charge >= 0.3 is 5.97 Å². The van der Waals surface area contributed by atoms with Crippen LogP contribution in [-0.4, -0.2) is 22.9 Å². The van der Waals surface area contributed by atoms with Crippen molar-refractivity contribution in [2.24, 2.45) is 0 Å². The van der Waals surface area contributed by atoms with E-state index >= 15 is 0 Å². The van der Waals surface area contributed by atoms with Crippen molar-refractivity contribution in [3.63, 3.8) is 0 Å². The van der Waals surface area contributed by atoms with Crippen LogP contribution in [0, 0.1) is 13.8 Å². The van der Waals surface area contributed by atoms with Crippen LogP contribution in [0.1, 0.15) is 27.3 Å². The summed E-state index contributed by atoms with van der Waals surface area (Å²) < 4.78 is 6.57. The molecule has 0 spiro atoms. The molecule has 1 aromatic heterocycles. The van der Waals surface area contributed by atoms with E-state index in [0.29, 0.717) is 17.1 Å². The smallest absolute Gasteiger partial charge is 0.338 e. The number of carbonyl (C=O) groups excluding carboxylic acids is 1. The van der Waals surface area contributed by atoms with Crippen LogP contribution in [0.4, 0.5) is 0 Å². The van der Waals surface area contributed by atoms with Crippen molar-refractivity contribution in [2.75, 3.05) is 7.11 Å². The molecule has 0 saturated heterocycles. The molecule has 5 heteroatoms. The maximum absolute atomic E-state index is 11.7. The average molecular weight is 279 g/mol. The zero-order valence-electron chi connectivity index (χ0n) is 11.1. The maximum Gasteiger partial charge on any atom is 0.338 e. The van der Waals surface area contributed by atoms with Crippen LogP contribution >= 0.6 is 11.6 Å². The van der Waals surface area contributed by atoms with Gasteiger partial charge in [-0.05, 0) is 25.5 Å². The summed E-state index contributed by atoms with van der Waals surface area (Å²) in [5.74, 6) is -0.344. The number of benzene rings is 1. The summed E-state index contributed by atoms with van der Waals surface area (Å²) in [5, 5.41) is 5.03. The first kappa shape index (κ1) is 13.6. The molecule has 2 aromatic rings. The van der Waals surface area contributed by atoms with Crippen molar-refractivity contribution < 1.29 is 9.53 Å². The van der Waals surface area contributed by atoms with Gasteiger partial charge in [0, 0.05) is 0 Å². The van der Waals surface area contributed by atoms with E-state index < -0.39 is 0 Å². The summed E-state index contributed by atoms with van der Waals surface area (Å²) >= 11 is 6.12. The second-order valence-electron chi connectivity index (χ2n) is 4.29. The Balaban J connectivity index is 2.38. The molecule has 0 bridgehead atoms. The molecule has 100 valence electrons. The number of ether oxygens (including phenoxy) is 1. The normalized spacial score (nSPS) is 10.5. The molecule has 4 nitrogen and oxygen atoms in total. The fourth-order valence-corrected chi connectivity index (χ4v) is 2.09. The standard InChI is InChI=1S/C14H15ClN2O2/c1-9-13(15)10(2)17(16-9)8-11-6-4-5-7-12(11)14(18)19-3/h4-7H,8H2,1-3H3. The van der Waals surface area contributed by atoms with Crippen LogP contribution < -0.4 is 0 Å². The van der Waals surface area contributed by atoms with Crippen molar-refractivity contribution in [1.82, 2.24) is 9.78 Å². The first-order chi connectivity index (χ1) is 9.04. The number of rotatable bonds is 3. The zero-order valence-corrected chi connectivity index (χ0v) is 11.9. The molecule has 0 aliphatic rings. The predicted molar refractivity (Wildman–Crippen MR) is 73.6 cm³/mol. The molecule has 0 unspecified atom stereocenters. The maximum atomic E-state index is 11.7. The number of hydrogen-bond acceptors (Lipinski definition) is 3. The van der Waals surface area contributed by atoms with E-state index in [4.69, 9.17) is 16.3 Å². The minimum Gasteiger partial charge on any atom is -0.465 e. The van der Waals surface area contributed by atoms with Crippen LogP contribution in [-0.2, 0) is 11.3 Å². The molecule has 0 fully saturated rings. The van der Waals surface area contributed by atoms with Crippen LogP contribution in [0.25, 0.3) is 0 Å². The molecule has 0 aliphatic heterocycles. The molecule has 0 amide bonds. The highest BCUT2D eigenvalue weighted by Crippen LogP contribution is 2.21. The largest absolute Gasteiger partial charge is 0.465 e. The van der Waals surface area contributed by atoms with Crippen molar-refractivity contribution in [1.29, 1.82) is 0 Å². The number of aryl methyl sites for hydroxylation is 1. The lowest BCUT2D eigenvalue weighted by Gasteiger charge is -2.09.